The summed E-state index contributed by atoms with van der Waals surface area (Å²) >= 11 is 5.91. The molecule has 1 unspecified atom stereocenters. The van der Waals surface area contributed by atoms with Crippen molar-refractivity contribution in [2.75, 3.05) is 21.3 Å². The molecule has 1 atom stereocenters. The normalized spacial score (nSPS) is 13.7. The Hall–Kier alpha value is -0.393. The van der Waals surface area contributed by atoms with E-state index in [0.29, 0.717) is 5.88 Å². The molecule has 0 amide bonds. The fraction of sp³-hybridized carbons (Fsp3) is 0.500. The zero-order valence-electron chi connectivity index (χ0n) is 10.2. The van der Waals surface area contributed by atoms with Crippen LogP contribution < -0.4 is 0 Å². The highest BCUT2D eigenvalue weighted by Gasteiger charge is 2.38. The monoisotopic (exact) mass is 271 g/mol. The first kappa shape index (κ1) is 14.7. The van der Waals surface area contributed by atoms with Crippen molar-refractivity contribution in [3.05, 3.63) is 35.4 Å². The SMILES string of the molecule is COC(OC)(OC)C([Si])c1ccccc1CCl. The predicted molar refractivity (Wildman–Crippen MR) is 68.3 cm³/mol. The molecule has 17 heavy (non-hydrogen) atoms. The Bertz CT molecular complexity index is 347. The van der Waals surface area contributed by atoms with Crippen molar-refractivity contribution in [2.24, 2.45) is 0 Å². The first-order valence-electron chi connectivity index (χ1n) is 5.15. The minimum Gasteiger partial charge on any atom is -0.331 e. The van der Waals surface area contributed by atoms with Crippen LogP contribution in [0.1, 0.15) is 16.7 Å². The van der Waals surface area contributed by atoms with Crippen LogP contribution in [0.15, 0.2) is 24.3 Å². The summed E-state index contributed by atoms with van der Waals surface area (Å²) in [4.78, 5) is 0. The summed E-state index contributed by atoms with van der Waals surface area (Å²) in [6.45, 7) is 0. The average molecular weight is 272 g/mol. The number of methoxy groups -OCH3 is 3. The molecular weight excluding hydrogens is 256 g/mol. The van der Waals surface area contributed by atoms with Gasteiger partial charge in [-0.2, -0.15) is 0 Å². The van der Waals surface area contributed by atoms with Crippen molar-refractivity contribution in [3.63, 3.8) is 0 Å². The second-order valence-corrected chi connectivity index (χ2v) is 4.33. The molecule has 0 aliphatic carbocycles. The molecule has 0 saturated heterocycles. The number of halogens is 1. The lowest BCUT2D eigenvalue weighted by Gasteiger charge is -2.35. The standard InChI is InChI=1S/C12H16ClO3Si/c1-14-12(15-2,16-3)11(17)10-7-5-4-6-9(10)8-13/h4-7,11H,8H2,1-3H3. The third kappa shape index (κ3) is 2.89. The van der Waals surface area contributed by atoms with Gasteiger partial charge in [-0.1, -0.05) is 24.3 Å². The molecule has 0 aliphatic heterocycles. The summed E-state index contributed by atoms with van der Waals surface area (Å²) in [5.41, 5.74) is 1.70. The number of alkyl halides is 1. The molecule has 5 heteroatoms. The maximum absolute atomic E-state index is 5.91. The molecule has 0 heterocycles. The van der Waals surface area contributed by atoms with Crippen molar-refractivity contribution in [3.8, 4) is 0 Å². The molecule has 0 fully saturated rings. The third-order valence-corrected chi connectivity index (χ3v) is 3.67. The van der Waals surface area contributed by atoms with E-state index in [2.05, 4.69) is 10.2 Å². The summed E-state index contributed by atoms with van der Waals surface area (Å²) in [5.74, 6) is -0.747. The van der Waals surface area contributed by atoms with E-state index in [4.69, 9.17) is 25.8 Å². The third-order valence-electron chi connectivity index (χ3n) is 2.72. The lowest BCUT2D eigenvalue weighted by Crippen LogP contribution is -2.43. The average Bonchev–Trinajstić information content (AvgIpc) is 2.41. The minimum absolute atomic E-state index is 0.280. The molecule has 93 valence electrons. The molecule has 0 aliphatic rings. The Morgan fingerprint density at radius 3 is 2.18 bits per heavy atom. The van der Waals surface area contributed by atoms with Crippen LogP contribution in [-0.2, 0) is 20.1 Å². The van der Waals surface area contributed by atoms with Gasteiger partial charge in [-0.05, 0) is 11.1 Å². The molecule has 3 nitrogen and oxygen atoms in total. The number of benzene rings is 1. The van der Waals surface area contributed by atoms with Crippen molar-refractivity contribution in [1.29, 1.82) is 0 Å². The Balaban J connectivity index is 3.13. The van der Waals surface area contributed by atoms with E-state index in [0.717, 1.165) is 11.1 Å². The smallest absolute Gasteiger partial charge is 0.285 e. The van der Waals surface area contributed by atoms with Gasteiger partial charge in [0.1, 0.15) is 0 Å². The van der Waals surface area contributed by atoms with Gasteiger partial charge in [-0.15, -0.1) is 11.6 Å². The number of rotatable bonds is 6. The van der Waals surface area contributed by atoms with E-state index in [9.17, 15) is 0 Å². The topological polar surface area (TPSA) is 27.7 Å². The second-order valence-electron chi connectivity index (χ2n) is 3.48. The molecular formula is C12H16ClO3Si. The number of ether oxygens (including phenoxy) is 3. The first-order chi connectivity index (χ1) is 8.15. The molecule has 3 radical (unpaired) electrons. The first-order valence-corrected chi connectivity index (χ1v) is 6.26. The number of hydrogen-bond acceptors (Lipinski definition) is 3. The summed E-state index contributed by atoms with van der Waals surface area (Å²) in [5, 5.41) is 0. The van der Waals surface area contributed by atoms with Crippen LogP contribution >= 0.6 is 11.6 Å². The maximum atomic E-state index is 5.91. The predicted octanol–water partition coefficient (Wildman–Crippen LogP) is 2.23. The van der Waals surface area contributed by atoms with E-state index in [1.165, 1.54) is 21.3 Å². The van der Waals surface area contributed by atoms with Crippen molar-refractivity contribution < 1.29 is 14.2 Å². The van der Waals surface area contributed by atoms with Gasteiger partial charge in [0.05, 0.1) is 5.54 Å². The Morgan fingerprint density at radius 1 is 1.18 bits per heavy atom. The minimum atomic E-state index is -1.17. The van der Waals surface area contributed by atoms with Crippen molar-refractivity contribution >= 4 is 21.8 Å². The molecule has 0 saturated carbocycles. The lowest BCUT2D eigenvalue weighted by atomic mass is 10.0. The van der Waals surface area contributed by atoms with Crippen LogP contribution in [0.2, 0.25) is 0 Å². The van der Waals surface area contributed by atoms with Crippen molar-refractivity contribution in [1.82, 2.24) is 0 Å². The zero-order valence-corrected chi connectivity index (χ0v) is 12.0. The summed E-state index contributed by atoms with van der Waals surface area (Å²) < 4.78 is 15.9. The largest absolute Gasteiger partial charge is 0.331 e. The van der Waals surface area contributed by atoms with Crippen LogP contribution in [0.5, 0.6) is 0 Å². The second kappa shape index (κ2) is 6.52. The van der Waals surface area contributed by atoms with Gasteiger partial charge in [0.25, 0.3) is 5.97 Å². The molecule has 0 bridgehead atoms. The van der Waals surface area contributed by atoms with E-state index in [-0.39, 0.29) is 5.54 Å². The Labute approximate surface area is 110 Å². The molecule has 0 N–H and O–H groups in total. The summed E-state index contributed by atoms with van der Waals surface area (Å²) in [6, 6.07) is 7.79. The molecule has 1 aromatic carbocycles. The van der Waals surface area contributed by atoms with E-state index in [1.807, 2.05) is 24.3 Å². The van der Waals surface area contributed by atoms with Gasteiger partial charge in [-0.25, -0.2) is 0 Å². The number of hydrogen-bond donors (Lipinski definition) is 0. The van der Waals surface area contributed by atoms with Crippen LogP contribution in [0.3, 0.4) is 0 Å². The Morgan fingerprint density at radius 2 is 1.71 bits per heavy atom. The van der Waals surface area contributed by atoms with Crippen molar-refractivity contribution in [2.45, 2.75) is 17.4 Å². The van der Waals surface area contributed by atoms with Gasteiger partial charge in [0, 0.05) is 37.5 Å². The molecule has 1 aromatic rings. The fourth-order valence-electron chi connectivity index (χ4n) is 1.73. The highest BCUT2D eigenvalue weighted by Crippen LogP contribution is 2.32. The summed E-state index contributed by atoms with van der Waals surface area (Å²) in [7, 11) is 8.20. The van der Waals surface area contributed by atoms with Crippen LogP contribution in [0.25, 0.3) is 0 Å². The van der Waals surface area contributed by atoms with Gasteiger partial charge < -0.3 is 14.2 Å². The Kier molecular flexibility index (Phi) is 5.62. The van der Waals surface area contributed by atoms with Gasteiger partial charge in [0.2, 0.25) is 0 Å². The van der Waals surface area contributed by atoms with E-state index in [1.54, 1.807) is 0 Å². The van der Waals surface area contributed by atoms with Gasteiger partial charge in [-0.3, -0.25) is 0 Å². The summed E-state index contributed by atoms with van der Waals surface area (Å²) in [6.07, 6.45) is 0. The highest BCUT2D eigenvalue weighted by atomic mass is 35.5. The van der Waals surface area contributed by atoms with Crippen LogP contribution in [0.4, 0.5) is 0 Å². The highest BCUT2D eigenvalue weighted by molar-refractivity contribution is 6.17. The quantitative estimate of drug-likeness (QED) is 0.451. The molecule has 1 rings (SSSR count). The maximum Gasteiger partial charge on any atom is 0.285 e. The molecule has 0 spiro atoms. The van der Waals surface area contributed by atoms with Gasteiger partial charge in [0.15, 0.2) is 0 Å². The molecule has 0 aromatic heterocycles. The lowest BCUT2D eigenvalue weighted by molar-refractivity contribution is -0.353. The van der Waals surface area contributed by atoms with Crippen LogP contribution in [0, 0.1) is 0 Å². The van der Waals surface area contributed by atoms with Crippen LogP contribution in [-0.4, -0.2) is 37.5 Å². The van der Waals surface area contributed by atoms with E-state index >= 15 is 0 Å². The van der Waals surface area contributed by atoms with Gasteiger partial charge >= 0.3 is 0 Å². The fourth-order valence-corrected chi connectivity index (χ4v) is 2.61. The van der Waals surface area contributed by atoms with E-state index < -0.39 is 5.97 Å². The zero-order chi connectivity index (χ0) is 12.9.